The van der Waals surface area contributed by atoms with E-state index in [1.165, 1.54) is 0 Å². The van der Waals surface area contributed by atoms with E-state index < -0.39 is 0 Å². The van der Waals surface area contributed by atoms with E-state index in [1.807, 2.05) is 0 Å². The van der Waals surface area contributed by atoms with E-state index in [0.29, 0.717) is 211 Å². The lowest BCUT2D eigenvalue weighted by Gasteiger charge is -2.59. The van der Waals surface area contributed by atoms with Gasteiger partial charge < -0.3 is 0 Å². The molecule has 274 valence electrons. The van der Waals surface area contributed by atoms with E-state index in [9.17, 15) is 0 Å². The zero-order valence-corrected chi connectivity index (χ0v) is 54.1. The molecule has 0 aromatic rings. The van der Waals surface area contributed by atoms with Crippen molar-refractivity contribution < 1.29 is 0 Å². The lowest BCUT2D eigenvalue weighted by molar-refractivity contribution is 3.16. The second-order valence-corrected chi connectivity index (χ2v) is 30.7. The molecule has 0 aromatic heterocycles. The maximum atomic E-state index is 2.78. The van der Waals surface area contributed by atoms with Crippen molar-refractivity contribution in [2.45, 2.75) is 0 Å². The first kappa shape index (κ1) is 72.4. The van der Waals surface area contributed by atoms with Crippen LogP contribution in [0.15, 0.2) is 0 Å². The van der Waals surface area contributed by atoms with Crippen LogP contribution in [0.5, 0.6) is 0 Å². The highest BCUT2D eigenvalue weighted by molar-refractivity contribution is 8.39. The van der Waals surface area contributed by atoms with Crippen molar-refractivity contribution >= 4 is 482 Å². The molecule has 0 radical (unpaired) electrons. The van der Waals surface area contributed by atoms with Crippen LogP contribution in [0.4, 0.5) is 0 Å². The van der Waals surface area contributed by atoms with Crippen molar-refractivity contribution in [3.8, 4) is 0 Å². The second-order valence-electron chi connectivity index (χ2n) is 30.7. The van der Waals surface area contributed by atoms with Crippen molar-refractivity contribution in [1.82, 2.24) is 0 Å². The molecule has 0 saturated carbocycles. The van der Waals surface area contributed by atoms with Crippen LogP contribution in [0.25, 0.3) is 0 Å². The third-order valence-electron chi connectivity index (χ3n) is 20.2. The molecule has 0 rings (SSSR count). The van der Waals surface area contributed by atoms with Gasteiger partial charge in [-0.2, -0.15) is 0 Å². The highest BCUT2D eigenvalue weighted by Gasteiger charge is 2.64. The fraction of sp³-hybridized carbons (Fsp3) is 0. The van der Waals surface area contributed by atoms with E-state index in [4.69, 9.17) is 0 Å². The molecule has 0 spiro atoms. The van der Waals surface area contributed by atoms with Gasteiger partial charge in [0.15, 0.2) is 0 Å². The smallest absolute Gasteiger partial charge is 0.00000594 e. The van der Waals surface area contributed by atoms with Gasteiger partial charge in [0.05, 0.1) is 271 Å². The van der Waals surface area contributed by atoms with Gasteiger partial charge in [0, 0.05) is 211 Å². The third-order valence-corrected chi connectivity index (χ3v) is 20.2. The number of hydrogen-bond acceptors (Lipinski definition) is 0. The van der Waals surface area contributed by atoms with E-state index >= 15 is 0 Å². The lowest BCUT2D eigenvalue weighted by Crippen LogP contribution is -2.98. The Hall–Kier alpha value is 4.42. The van der Waals surface area contributed by atoms with Gasteiger partial charge in [0.2, 0.25) is 0 Å². The molecule has 68 heavy (non-hydrogen) atoms. The summed E-state index contributed by atoms with van der Waals surface area (Å²) >= 11 is 0. The molecule has 0 bridgehead atoms. The van der Waals surface area contributed by atoms with Crippen LogP contribution in [0.3, 0.4) is 0 Å². The topological polar surface area (TPSA) is 0 Å². The monoisotopic (exact) mass is 819 g/mol. The van der Waals surface area contributed by atoms with E-state index in [-0.39, 0.29) is 0 Å². The van der Waals surface area contributed by atoms with Gasteiger partial charge in [-0.3, -0.25) is 0 Å². The quantitative estimate of drug-likeness (QED) is 0.0594. The Bertz CT molecular complexity index is 1110. The van der Waals surface area contributed by atoms with Crippen molar-refractivity contribution in [1.29, 1.82) is 0 Å². The van der Waals surface area contributed by atoms with Crippen molar-refractivity contribution in [2.24, 2.45) is 0 Å². The molecule has 0 heterocycles. The third kappa shape index (κ3) is 19.4. The molecule has 0 saturated heterocycles. The van der Waals surface area contributed by atoms with Gasteiger partial charge in [-0.05, 0) is 0 Å². The lowest BCUT2D eigenvalue weighted by atomic mass is 8.21. The minimum absolute atomic E-state index is 0.579. The molecule has 0 amide bonds. The Balaban J connectivity index is 11.5. The van der Waals surface area contributed by atoms with E-state index in [2.05, 4.69) is 271 Å². The van der Waals surface area contributed by atoms with Crippen LogP contribution in [0, 0.1) is 0 Å². The minimum Gasteiger partial charge on any atom is 0.00000594 e. The predicted octanol–water partition coefficient (Wildman–Crippen LogP) is -44.6. The minimum atomic E-state index is 0.579. The summed E-state index contributed by atoms with van der Waals surface area (Å²) < 4.78 is 0. The van der Waals surface area contributed by atoms with Crippen LogP contribution < -0.4 is 0 Å². The Morgan fingerprint density at radius 3 is 0.279 bits per heavy atom. The zero-order chi connectivity index (χ0) is 54.1. The average molecular weight is 806 g/mol. The Kier molecular flexibility index (Phi) is 35.3. The van der Waals surface area contributed by atoms with Crippen molar-refractivity contribution in [3.05, 3.63) is 0 Å². The molecular formula is H70B68. The van der Waals surface area contributed by atoms with Gasteiger partial charge in [-0.1, -0.05) is 0 Å². The molecule has 0 aliphatic carbocycles. The van der Waals surface area contributed by atoms with Crippen LogP contribution in [0.2, 0.25) is 0 Å². The SMILES string of the molecule is BB(B)B(B)B(B(B(B)B)B(B)B)B(B(B(B)B)B(B)B)B(B(B(B(B)B)B(B)B)B(B(B)B)B(B)B)B(B(B(B(B)B)B(B)B)B(B(B)B)B(B)B)B(B(B(B)B)B(B)B)B(B(B)B)B(B)B. The van der Waals surface area contributed by atoms with Crippen molar-refractivity contribution in [3.63, 3.8) is 0 Å². The largest absolute Gasteiger partial charge is 0.0552 e. The maximum Gasteiger partial charge on any atom is 0.0552 e. The van der Waals surface area contributed by atoms with E-state index in [1.54, 1.807) is 0 Å². The van der Waals surface area contributed by atoms with E-state index in [0.717, 1.165) is 0 Å². The van der Waals surface area contributed by atoms with Gasteiger partial charge in [-0.15, -0.1) is 0 Å². The zero-order valence-electron chi connectivity index (χ0n) is 54.1. The molecule has 0 unspecified atom stereocenters. The van der Waals surface area contributed by atoms with Gasteiger partial charge in [-0.25, -0.2) is 0 Å². The fourth-order valence-electron chi connectivity index (χ4n) is 19.3. The summed E-state index contributed by atoms with van der Waals surface area (Å²) in [6, 6.07) is 0. The standard InChI is InChI=1S/B68H70/c1-36(2)53(35)62(54(37(3)4)38(5)6)66(61(51(31)32)52(33)34)68(65(59(47(23)24)48(25)26)60(49(27)28)50(29)30)67(63(55(39(7)8)40(9)10)56(41(11)12)42(13)14)64(57(43(15)16)44(17)18)58(45(19)20)46(21)22/h1-35H2. The fourth-order valence-corrected chi connectivity index (χ4v) is 19.3. The maximum absolute atomic E-state index is 2.78. The molecule has 0 atom stereocenters. The average Bonchev–Trinajstić information content (AvgIpc) is 3.11. The summed E-state index contributed by atoms with van der Waals surface area (Å²) in [5.41, 5.74) is 0. The van der Waals surface area contributed by atoms with Crippen LogP contribution in [-0.4, -0.2) is 482 Å². The molecule has 0 N–H and O–H groups in total. The van der Waals surface area contributed by atoms with Crippen LogP contribution >= 0.6 is 0 Å². The normalized spacial score (nSPS) is 9.76. The summed E-state index contributed by atoms with van der Waals surface area (Å²) in [7, 11) is 93.6. The number of hydrogen-bond donors (Lipinski definition) is 0. The van der Waals surface area contributed by atoms with Gasteiger partial charge >= 0.3 is 0 Å². The summed E-state index contributed by atoms with van der Waals surface area (Å²) in [5.74, 6) is 0. The molecule has 68 heteroatoms. The molecule has 0 aliphatic rings. The van der Waals surface area contributed by atoms with Crippen molar-refractivity contribution in [2.75, 3.05) is 0 Å². The van der Waals surface area contributed by atoms with Gasteiger partial charge in [0.25, 0.3) is 0 Å². The summed E-state index contributed by atoms with van der Waals surface area (Å²) in [6.45, 7) is 0. The second kappa shape index (κ2) is 33.1. The first-order valence-corrected chi connectivity index (χ1v) is 30.9. The highest BCUT2D eigenvalue weighted by atomic mass is 13.4. The van der Waals surface area contributed by atoms with Crippen LogP contribution in [0.1, 0.15) is 0 Å². The molecule has 0 aromatic carbocycles. The summed E-state index contributed by atoms with van der Waals surface area (Å²) in [6.07, 6.45) is 20.4. The molecule has 0 nitrogen and oxygen atoms in total. The Labute approximate surface area is 477 Å². The summed E-state index contributed by atoms with van der Waals surface area (Å²) in [5, 5.41) is 0. The van der Waals surface area contributed by atoms with Gasteiger partial charge in [0.1, 0.15) is 0 Å². The first-order valence-electron chi connectivity index (χ1n) is 30.9. The number of rotatable bonds is 32. The highest BCUT2D eigenvalue weighted by Crippen LogP contribution is 2.26. The predicted molar refractivity (Wildman–Crippen MR) is 489 cm³/mol. The Morgan fingerprint density at radius 2 is 0.176 bits per heavy atom. The molecule has 0 aliphatic heterocycles. The summed E-state index contributed by atoms with van der Waals surface area (Å²) in [4.78, 5) is 0. The molecular weight excluding hydrogens is 735 g/mol. The first-order chi connectivity index (χ1) is 30.9. The van der Waals surface area contributed by atoms with Crippen LogP contribution in [-0.2, 0) is 0 Å². The Morgan fingerprint density at radius 1 is 0.0882 bits per heavy atom. The molecule has 0 fully saturated rings.